The van der Waals surface area contributed by atoms with Crippen molar-refractivity contribution in [1.29, 1.82) is 0 Å². The normalized spacial score (nSPS) is 49.8. The van der Waals surface area contributed by atoms with Crippen molar-refractivity contribution in [2.75, 3.05) is 26.9 Å². The highest BCUT2D eigenvalue weighted by molar-refractivity contribution is 5.86. The number of rotatable bonds is 8. The minimum Gasteiger partial charge on any atom is -0.467 e. The van der Waals surface area contributed by atoms with Gasteiger partial charge in [-0.05, 0) is 62.7 Å². The number of hydrogen-bond acceptors (Lipinski definition) is 12. The second-order valence-electron chi connectivity index (χ2n) is 16.4. The van der Waals surface area contributed by atoms with Gasteiger partial charge in [-0.3, -0.25) is 14.4 Å². The SMILES string of the molecule is C=CCOC(C)[C@]12COC[C@H]1[C@]1(C)CCC3[C@@](C)(C1CC2OC(C)=O)[C@H](OC(C)=O)[C@H](OC(C)=O)[C@]1(C)[C@@]3(O)CC(C)[C@H]2O[C@]21C(=O)OC. The van der Waals surface area contributed by atoms with Gasteiger partial charge in [0.05, 0.1) is 49.5 Å². The third-order valence-corrected chi connectivity index (χ3v) is 14.5. The van der Waals surface area contributed by atoms with Gasteiger partial charge in [-0.1, -0.05) is 26.8 Å². The van der Waals surface area contributed by atoms with Crippen LogP contribution in [-0.4, -0.2) is 97.6 Å². The average Bonchev–Trinajstić information content (AvgIpc) is 3.64. The van der Waals surface area contributed by atoms with Crippen molar-refractivity contribution in [3.05, 3.63) is 12.7 Å². The van der Waals surface area contributed by atoms with Crippen LogP contribution in [0.25, 0.3) is 0 Å². The largest absolute Gasteiger partial charge is 0.467 e. The van der Waals surface area contributed by atoms with Crippen LogP contribution in [0.2, 0.25) is 0 Å². The highest BCUT2D eigenvalue weighted by atomic mass is 16.7. The van der Waals surface area contributed by atoms with Gasteiger partial charge in [0.15, 0.2) is 6.10 Å². The number of carbonyl (C=O) groups excluding carboxylic acids is 4. The van der Waals surface area contributed by atoms with E-state index >= 15 is 0 Å². The van der Waals surface area contributed by atoms with Gasteiger partial charge in [-0.25, -0.2) is 4.79 Å². The molecule has 0 bridgehead atoms. The molecule has 0 aromatic carbocycles. The van der Waals surface area contributed by atoms with E-state index in [9.17, 15) is 24.3 Å². The molecule has 2 aliphatic heterocycles. The molecule has 2 heterocycles. The van der Waals surface area contributed by atoms with E-state index in [2.05, 4.69) is 13.5 Å². The van der Waals surface area contributed by atoms with Crippen molar-refractivity contribution >= 4 is 23.9 Å². The lowest BCUT2D eigenvalue weighted by molar-refractivity contribution is -0.346. The summed E-state index contributed by atoms with van der Waals surface area (Å²) in [6.07, 6.45) is -0.469. The number of esters is 4. The molecule has 15 atom stereocenters. The lowest BCUT2D eigenvalue weighted by Crippen LogP contribution is -2.82. The van der Waals surface area contributed by atoms with Gasteiger partial charge in [-0.15, -0.1) is 6.58 Å². The van der Waals surface area contributed by atoms with Gasteiger partial charge in [0.2, 0.25) is 5.60 Å². The summed E-state index contributed by atoms with van der Waals surface area (Å²) >= 11 is 0. The standard InChI is InChI=1S/C37H54O12/c1-11-14-45-20(3)35-18-44-17-26(35)32(7)13-12-24-33(8,25(32)15-27(35)46-21(4)38)29(47-22(5)39)30(48-23(6)40)34(9)36(24,42)16-19(2)28-37(34,49-28)31(41)43-10/h11,19-20,24-30,42H,1,12-18H2,2-10H3/t19?,20?,24?,25?,26-,27?,28+,29+,30-,32+,33-,34+,35+,36+,37-/m0/s1. The summed E-state index contributed by atoms with van der Waals surface area (Å²) in [5.74, 6) is -3.60. The predicted molar refractivity (Wildman–Crippen MR) is 173 cm³/mol. The number of methoxy groups -OCH3 is 1. The zero-order chi connectivity index (χ0) is 36.1. The number of hydrogen-bond donors (Lipinski definition) is 1. The van der Waals surface area contributed by atoms with Crippen LogP contribution < -0.4 is 0 Å². The highest BCUT2D eigenvalue weighted by Gasteiger charge is 2.90. The van der Waals surface area contributed by atoms with Crippen LogP contribution in [0.5, 0.6) is 0 Å². The Balaban J connectivity index is 1.58. The van der Waals surface area contributed by atoms with Crippen molar-refractivity contribution in [1.82, 2.24) is 0 Å². The predicted octanol–water partition coefficient (Wildman–Crippen LogP) is 3.55. The van der Waals surface area contributed by atoms with Crippen LogP contribution in [0.1, 0.15) is 81.1 Å². The maximum Gasteiger partial charge on any atom is 0.341 e. The average molecular weight is 691 g/mol. The summed E-state index contributed by atoms with van der Waals surface area (Å²) in [7, 11) is 1.27. The first kappa shape index (κ1) is 36.3. The van der Waals surface area contributed by atoms with E-state index in [1.54, 1.807) is 13.0 Å². The summed E-state index contributed by atoms with van der Waals surface area (Å²) in [5.41, 5.74) is -7.01. The molecule has 6 fully saturated rings. The molecular weight excluding hydrogens is 636 g/mol. The van der Waals surface area contributed by atoms with Crippen LogP contribution in [-0.2, 0) is 52.3 Å². The first-order valence-electron chi connectivity index (χ1n) is 17.7. The second kappa shape index (κ2) is 11.7. The minimum absolute atomic E-state index is 0.142. The van der Waals surface area contributed by atoms with Crippen LogP contribution in [0, 0.1) is 45.3 Å². The van der Waals surface area contributed by atoms with Gasteiger partial charge in [0.25, 0.3) is 0 Å². The van der Waals surface area contributed by atoms with E-state index in [4.69, 9.17) is 33.2 Å². The van der Waals surface area contributed by atoms with E-state index in [0.29, 0.717) is 39.1 Å². The molecular formula is C37H54O12. The molecule has 6 rings (SSSR count). The van der Waals surface area contributed by atoms with Crippen molar-refractivity contribution in [3.8, 4) is 0 Å². The molecule has 4 saturated carbocycles. The molecule has 2 saturated heterocycles. The molecule has 4 aliphatic carbocycles. The summed E-state index contributed by atoms with van der Waals surface area (Å²) in [6, 6.07) is 0. The number of carbonyl (C=O) groups is 4. The van der Waals surface area contributed by atoms with E-state index in [0.717, 1.165) is 0 Å². The molecule has 12 heteroatoms. The van der Waals surface area contributed by atoms with E-state index in [1.807, 2.05) is 20.8 Å². The van der Waals surface area contributed by atoms with Gasteiger partial charge >= 0.3 is 23.9 Å². The third kappa shape index (κ3) is 4.48. The van der Waals surface area contributed by atoms with Crippen molar-refractivity contribution in [3.63, 3.8) is 0 Å². The quantitative estimate of drug-likeness (QED) is 0.171. The molecule has 1 N–H and O–H groups in total. The minimum atomic E-state index is -1.63. The summed E-state index contributed by atoms with van der Waals surface area (Å²) in [4.78, 5) is 52.8. The number of epoxide rings is 1. The van der Waals surface area contributed by atoms with Gasteiger partial charge in [-0.2, -0.15) is 0 Å². The summed E-state index contributed by atoms with van der Waals surface area (Å²) in [6.45, 7) is 18.7. The molecule has 49 heavy (non-hydrogen) atoms. The third-order valence-electron chi connectivity index (χ3n) is 14.5. The van der Waals surface area contributed by atoms with E-state index in [-0.39, 0.29) is 30.3 Å². The van der Waals surface area contributed by atoms with Crippen LogP contribution in [0.4, 0.5) is 0 Å². The zero-order valence-corrected chi connectivity index (χ0v) is 30.4. The lowest BCUT2D eigenvalue weighted by atomic mass is 9.32. The van der Waals surface area contributed by atoms with Gasteiger partial charge in [0, 0.05) is 32.1 Å². The van der Waals surface area contributed by atoms with Crippen LogP contribution in [0.15, 0.2) is 12.7 Å². The molecule has 6 aliphatic rings. The Morgan fingerprint density at radius 1 is 0.980 bits per heavy atom. The van der Waals surface area contributed by atoms with E-state index < -0.39 is 87.1 Å². The Morgan fingerprint density at radius 3 is 2.20 bits per heavy atom. The monoisotopic (exact) mass is 690 g/mol. The first-order chi connectivity index (χ1) is 22.9. The van der Waals surface area contributed by atoms with Gasteiger partial charge < -0.3 is 38.3 Å². The molecule has 274 valence electrons. The zero-order valence-electron chi connectivity index (χ0n) is 30.4. The fourth-order valence-electron chi connectivity index (χ4n) is 12.6. The Bertz CT molecular complexity index is 1420. The number of fused-ring (bicyclic) bond motifs is 9. The first-order valence-corrected chi connectivity index (χ1v) is 17.7. The van der Waals surface area contributed by atoms with Gasteiger partial charge in [0.1, 0.15) is 18.3 Å². The second-order valence-corrected chi connectivity index (χ2v) is 16.4. The molecule has 0 aromatic rings. The smallest absolute Gasteiger partial charge is 0.341 e. The molecule has 0 amide bonds. The molecule has 0 radical (unpaired) electrons. The van der Waals surface area contributed by atoms with Crippen molar-refractivity contribution in [2.24, 2.45) is 45.3 Å². The van der Waals surface area contributed by atoms with Crippen molar-refractivity contribution < 1.29 is 57.4 Å². The Labute approximate surface area is 288 Å². The summed E-state index contributed by atoms with van der Waals surface area (Å²) in [5, 5.41) is 13.5. The van der Waals surface area contributed by atoms with Crippen LogP contribution in [0.3, 0.4) is 0 Å². The summed E-state index contributed by atoms with van der Waals surface area (Å²) < 4.78 is 43.0. The Hall–Kier alpha value is -2.54. The topological polar surface area (TPSA) is 156 Å². The fourth-order valence-corrected chi connectivity index (χ4v) is 12.6. The number of ether oxygens (including phenoxy) is 7. The molecule has 12 nitrogen and oxygen atoms in total. The highest BCUT2D eigenvalue weighted by Crippen LogP contribution is 2.78. The lowest BCUT2D eigenvalue weighted by Gasteiger charge is -2.74. The Kier molecular flexibility index (Phi) is 8.69. The maximum absolute atomic E-state index is 13.8. The van der Waals surface area contributed by atoms with Crippen LogP contribution >= 0.6 is 0 Å². The molecule has 5 unspecified atom stereocenters. The molecule has 0 spiro atoms. The fraction of sp³-hybridized carbons (Fsp3) is 0.838. The molecule has 0 aromatic heterocycles. The number of aliphatic hydroxyl groups is 1. The van der Waals surface area contributed by atoms with E-state index in [1.165, 1.54) is 27.9 Å². The van der Waals surface area contributed by atoms with Crippen molar-refractivity contribution in [2.45, 2.75) is 123 Å². The Morgan fingerprint density at radius 2 is 1.61 bits per heavy atom. The maximum atomic E-state index is 13.8.